The summed E-state index contributed by atoms with van der Waals surface area (Å²) in [6.07, 6.45) is -1.94. The summed E-state index contributed by atoms with van der Waals surface area (Å²) in [5.74, 6) is 0.520. The Balaban J connectivity index is 2.07. The van der Waals surface area contributed by atoms with Crippen LogP contribution >= 0.6 is 0 Å². The summed E-state index contributed by atoms with van der Waals surface area (Å²) in [6, 6.07) is 0.963. The van der Waals surface area contributed by atoms with Crippen LogP contribution in [0, 0.1) is 5.92 Å². The molecular formula is C16H28F3N3O2Si. The van der Waals surface area contributed by atoms with Gasteiger partial charge in [-0.2, -0.15) is 13.2 Å². The number of aliphatic hydroxyl groups is 1. The predicted octanol–water partition coefficient (Wildman–Crippen LogP) is 3.42. The van der Waals surface area contributed by atoms with Crippen LogP contribution < -0.4 is 4.90 Å². The van der Waals surface area contributed by atoms with Crippen LogP contribution in [0.3, 0.4) is 0 Å². The summed E-state index contributed by atoms with van der Waals surface area (Å²) >= 11 is 0. The molecule has 0 unspecified atom stereocenters. The molecule has 0 aromatic carbocycles. The minimum atomic E-state index is -4.47. The number of imidazole rings is 1. The van der Waals surface area contributed by atoms with Gasteiger partial charge in [-0.25, -0.2) is 4.98 Å². The van der Waals surface area contributed by atoms with E-state index in [1.54, 1.807) is 0 Å². The molecule has 1 fully saturated rings. The molecule has 0 atom stereocenters. The fraction of sp³-hybridized carbons (Fsp3) is 0.812. The van der Waals surface area contributed by atoms with Crippen molar-refractivity contribution in [3.63, 3.8) is 0 Å². The van der Waals surface area contributed by atoms with E-state index in [-0.39, 0.29) is 19.3 Å². The van der Waals surface area contributed by atoms with Gasteiger partial charge in [-0.05, 0) is 24.8 Å². The molecule has 0 radical (unpaired) electrons. The lowest BCUT2D eigenvalue weighted by Crippen LogP contribution is -2.36. The summed E-state index contributed by atoms with van der Waals surface area (Å²) in [4.78, 5) is 5.66. The first kappa shape index (κ1) is 20.3. The number of aromatic nitrogens is 2. The Morgan fingerprint density at radius 3 is 2.44 bits per heavy atom. The first-order chi connectivity index (χ1) is 11.6. The zero-order chi connectivity index (χ0) is 18.7. The molecule has 1 saturated heterocycles. The van der Waals surface area contributed by atoms with Crippen LogP contribution in [-0.4, -0.2) is 49.0 Å². The maximum absolute atomic E-state index is 13.0. The second kappa shape index (κ2) is 8.09. The van der Waals surface area contributed by atoms with Crippen LogP contribution in [0.15, 0.2) is 6.20 Å². The third kappa shape index (κ3) is 6.00. The molecule has 0 aliphatic carbocycles. The van der Waals surface area contributed by atoms with Crippen molar-refractivity contribution >= 4 is 14.0 Å². The van der Waals surface area contributed by atoms with E-state index >= 15 is 0 Å². The smallest absolute Gasteiger partial charge is 0.396 e. The number of rotatable bonds is 7. The maximum atomic E-state index is 13.0. The Morgan fingerprint density at radius 2 is 1.92 bits per heavy atom. The molecule has 0 bridgehead atoms. The molecule has 1 aliphatic rings. The normalized spacial score (nSPS) is 17.3. The third-order valence-corrected chi connectivity index (χ3v) is 6.13. The Kier molecular flexibility index (Phi) is 6.55. The largest absolute Gasteiger partial charge is 0.434 e. The average Bonchev–Trinajstić information content (AvgIpc) is 2.95. The monoisotopic (exact) mass is 379 g/mol. The van der Waals surface area contributed by atoms with Crippen molar-refractivity contribution in [2.75, 3.05) is 31.2 Å². The van der Waals surface area contributed by atoms with E-state index in [1.165, 1.54) is 4.57 Å². The Hall–Kier alpha value is -1.06. The third-order valence-electron chi connectivity index (χ3n) is 4.43. The van der Waals surface area contributed by atoms with E-state index in [0.717, 1.165) is 25.1 Å². The number of halogens is 3. The van der Waals surface area contributed by atoms with Gasteiger partial charge in [0.05, 0.1) is 0 Å². The number of hydrogen-bond acceptors (Lipinski definition) is 4. The lowest BCUT2D eigenvalue weighted by atomic mass is 9.98. The topological polar surface area (TPSA) is 50.5 Å². The second-order valence-corrected chi connectivity index (χ2v) is 13.5. The highest BCUT2D eigenvalue weighted by atomic mass is 28.3. The van der Waals surface area contributed by atoms with Crippen LogP contribution in [0.5, 0.6) is 0 Å². The number of ether oxygens (including phenoxy) is 1. The van der Waals surface area contributed by atoms with Crippen molar-refractivity contribution in [2.45, 2.75) is 51.4 Å². The number of hydrogen-bond donors (Lipinski definition) is 1. The molecule has 1 N–H and O–H groups in total. The molecule has 9 heteroatoms. The van der Waals surface area contributed by atoms with Crippen LogP contribution in [0.4, 0.5) is 19.1 Å². The summed E-state index contributed by atoms with van der Waals surface area (Å²) < 4.78 is 46.2. The van der Waals surface area contributed by atoms with E-state index in [0.29, 0.717) is 25.6 Å². The molecule has 5 nitrogen and oxygen atoms in total. The quantitative estimate of drug-likeness (QED) is 0.583. The molecule has 2 rings (SSSR count). The highest BCUT2D eigenvalue weighted by Crippen LogP contribution is 2.31. The van der Waals surface area contributed by atoms with Crippen molar-refractivity contribution < 1.29 is 23.0 Å². The fourth-order valence-corrected chi connectivity index (χ4v) is 3.50. The van der Waals surface area contributed by atoms with E-state index < -0.39 is 19.9 Å². The van der Waals surface area contributed by atoms with Gasteiger partial charge in [0, 0.05) is 40.6 Å². The van der Waals surface area contributed by atoms with Crippen molar-refractivity contribution in [1.82, 2.24) is 9.55 Å². The van der Waals surface area contributed by atoms with Gasteiger partial charge in [-0.3, -0.25) is 4.57 Å². The first-order valence-electron chi connectivity index (χ1n) is 8.68. The molecule has 1 aromatic rings. The highest BCUT2D eigenvalue weighted by Gasteiger charge is 2.36. The van der Waals surface area contributed by atoms with Gasteiger partial charge in [0.25, 0.3) is 0 Å². The van der Waals surface area contributed by atoms with E-state index in [9.17, 15) is 18.3 Å². The van der Waals surface area contributed by atoms with Gasteiger partial charge in [-0.15, -0.1) is 0 Å². The minimum absolute atomic E-state index is 0.0722. The number of anilines is 1. The number of piperidine rings is 1. The molecule has 0 amide bonds. The maximum Gasteiger partial charge on any atom is 0.434 e. The van der Waals surface area contributed by atoms with Crippen LogP contribution in [0.25, 0.3) is 0 Å². The second-order valence-electron chi connectivity index (χ2n) is 7.85. The van der Waals surface area contributed by atoms with E-state index in [1.807, 2.05) is 4.90 Å². The lowest BCUT2D eigenvalue weighted by molar-refractivity contribution is -0.141. The summed E-state index contributed by atoms with van der Waals surface area (Å²) in [7, 11) is -1.24. The number of alkyl halides is 3. The number of aliphatic hydroxyl groups excluding tert-OH is 1. The van der Waals surface area contributed by atoms with Gasteiger partial charge in [0.15, 0.2) is 5.69 Å². The average molecular weight is 379 g/mol. The molecule has 1 aromatic heterocycles. The molecule has 0 spiro atoms. The molecule has 25 heavy (non-hydrogen) atoms. The lowest BCUT2D eigenvalue weighted by Gasteiger charge is -2.32. The standard InChI is InChI=1S/C16H28F3N3O2Si/c1-25(2,3)9-8-24-12-22-10-14(16(17,18)19)20-15(22)21-6-4-13(11-23)5-7-21/h10,13,23H,4-9,11-12H2,1-3H3. The van der Waals surface area contributed by atoms with Crippen molar-refractivity contribution in [3.05, 3.63) is 11.9 Å². The summed E-state index contributed by atoms with van der Waals surface area (Å²) in [6.45, 7) is 8.60. The first-order valence-corrected chi connectivity index (χ1v) is 12.4. The molecule has 0 saturated carbocycles. The SMILES string of the molecule is C[Si](C)(C)CCOCn1cc(C(F)(F)F)nc1N1CCC(CO)CC1. The van der Waals surface area contributed by atoms with E-state index in [4.69, 9.17) is 4.74 Å². The summed E-state index contributed by atoms with van der Waals surface area (Å²) in [5, 5.41) is 9.22. The van der Waals surface area contributed by atoms with Gasteiger partial charge < -0.3 is 14.7 Å². The molecule has 144 valence electrons. The summed E-state index contributed by atoms with van der Waals surface area (Å²) in [5.41, 5.74) is -0.888. The minimum Gasteiger partial charge on any atom is -0.396 e. The van der Waals surface area contributed by atoms with Crippen molar-refractivity contribution in [2.24, 2.45) is 5.92 Å². The van der Waals surface area contributed by atoms with Gasteiger partial charge in [0.1, 0.15) is 6.73 Å². The van der Waals surface area contributed by atoms with Crippen molar-refractivity contribution in [3.8, 4) is 0 Å². The van der Waals surface area contributed by atoms with E-state index in [2.05, 4.69) is 24.6 Å². The molecule has 2 heterocycles. The Morgan fingerprint density at radius 1 is 1.28 bits per heavy atom. The Bertz CT molecular complexity index is 550. The van der Waals surface area contributed by atoms with Gasteiger partial charge >= 0.3 is 6.18 Å². The van der Waals surface area contributed by atoms with Crippen LogP contribution in [0.1, 0.15) is 18.5 Å². The zero-order valence-electron chi connectivity index (χ0n) is 15.1. The highest BCUT2D eigenvalue weighted by molar-refractivity contribution is 6.76. The fourth-order valence-electron chi connectivity index (χ4n) is 2.75. The van der Waals surface area contributed by atoms with Crippen LogP contribution in [-0.2, 0) is 17.6 Å². The Labute approximate surface area is 147 Å². The predicted molar refractivity (Wildman–Crippen MR) is 93.4 cm³/mol. The van der Waals surface area contributed by atoms with Crippen molar-refractivity contribution in [1.29, 1.82) is 0 Å². The van der Waals surface area contributed by atoms with Gasteiger partial charge in [-0.1, -0.05) is 19.6 Å². The molecular weight excluding hydrogens is 351 g/mol. The zero-order valence-corrected chi connectivity index (χ0v) is 16.1. The van der Waals surface area contributed by atoms with Crippen LogP contribution in [0.2, 0.25) is 25.7 Å². The molecule has 1 aliphatic heterocycles. The van der Waals surface area contributed by atoms with Gasteiger partial charge in [0.2, 0.25) is 5.95 Å². The number of nitrogens with zero attached hydrogens (tertiary/aromatic N) is 3.